The number of H-pyrrole nitrogens is 2. The Hall–Kier alpha value is -1.69. The van der Waals surface area contributed by atoms with Gasteiger partial charge < -0.3 is 9.97 Å². The van der Waals surface area contributed by atoms with Crippen LogP contribution in [0.4, 0.5) is 0 Å². The molecule has 0 amide bonds. The normalized spacial score (nSPS) is 11.4. The second-order valence-electron chi connectivity index (χ2n) is 4.93. The van der Waals surface area contributed by atoms with Crippen LogP contribution in [0.3, 0.4) is 0 Å². The number of imidazole rings is 1. The molecule has 0 bridgehead atoms. The number of nitrogens with zero attached hydrogens (tertiary/aromatic N) is 1. The van der Waals surface area contributed by atoms with Gasteiger partial charge in [0.2, 0.25) is 0 Å². The van der Waals surface area contributed by atoms with Gasteiger partial charge in [0.05, 0.1) is 5.02 Å². The topological polar surface area (TPSA) is 44.5 Å². The van der Waals surface area contributed by atoms with Crippen LogP contribution in [0.25, 0.3) is 33.3 Å². The average Bonchev–Trinajstić information content (AvgIpc) is 2.93. The molecule has 0 spiro atoms. The van der Waals surface area contributed by atoms with Crippen molar-refractivity contribution in [3.05, 3.63) is 56.6 Å². The van der Waals surface area contributed by atoms with Crippen LogP contribution in [-0.4, -0.2) is 15.0 Å². The van der Waals surface area contributed by atoms with Crippen molar-refractivity contribution in [1.29, 1.82) is 0 Å². The van der Waals surface area contributed by atoms with Gasteiger partial charge in [0, 0.05) is 20.9 Å². The quantitative estimate of drug-likeness (QED) is 0.400. The van der Waals surface area contributed by atoms with Crippen LogP contribution >= 0.6 is 39.7 Å². The molecule has 0 radical (unpaired) electrons. The van der Waals surface area contributed by atoms with Gasteiger partial charge in [0.25, 0.3) is 0 Å². The van der Waals surface area contributed by atoms with E-state index in [1.165, 1.54) is 0 Å². The molecule has 2 heterocycles. The van der Waals surface area contributed by atoms with Gasteiger partial charge in [0.1, 0.15) is 21.5 Å². The summed E-state index contributed by atoms with van der Waals surface area (Å²) in [4.78, 5) is 11.2. The lowest BCUT2D eigenvalue weighted by molar-refractivity contribution is 1.33. The summed E-state index contributed by atoms with van der Waals surface area (Å²) < 4.78 is 1.62. The number of aromatic nitrogens is 3. The largest absolute Gasteiger partial charge is 0.344 e. The molecule has 3 nitrogen and oxygen atoms in total. The number of pyridine rings is 1. The summed E-state index contributed by atoms with van der Waals surface area (Å²) in [5.74, 6) is 0.718. The van der Waals surface area contributed by atoms with Gasteiger partial charge in [-0.05, 0) is 30.3 Å². The number of hydrogen-bond acceptors (Lipinski definition) is 2. The van der Waals surface area contributed by atoms with Gasteiger partial charge in [-0.25, -0.2) is 4.98 Å². The van der Waals surface area contributed by atoms with Crippen LogP contribution in [0.5, 0.6) is 0 Å². The van der Waals surface area contributed by atoms with E-state index in [0.717, 1.165) is 37.8 Å². The first-order valence-corrected chi connectivity index (χ1v) is 8.17. The van der Waals surface area contributed by atoms with E-state index in [1.807, 2.05) is 42.5 Å². The van der Waals surface area contributed by atoms with Crippen LogP contribution in [0.2, 0.25) is 5.02 Å². The first kappa shape index (κ1) is 13.9. The molecule has 0 aliphatic rings. The number of halogens is 2. The fraction of sp³-hybridized carbons (Fsp3) is 0. The van der Waals surface area contributed by atoms with Crippen LogP contribution < -0.4 is 0 Å². The van der Waals surface area contributed by atoms with E-state index < -0.39 is 0 Å². The zero-order chi connectivity index (χ0) is 15.3. The van der Waals surface area contributed by atoms with Crippen LogP contribution in [-0.2, 0) is 0 Å². The summed E-state index contributed by atoms with van der Waals surface area (Å²) in [6.45, 7) is 0. The summed E-state index contributed by atoms with van der Waals surface area (Å²) in [5, 5.41) is 1.67. The molecule has 0 aliphatic heterocycles. The van der Waals surface area contributed by atoms with E-state index in [1.54, 1.807) is 0 Å². The summed E-state index contributed by atoms with van der Waals surface area (Å²) in [6, 6.07) is 13.6. The minimum Gasteiger partial charge on any atom is -0.344 e. The average molecular weight is 391 g/mol. The molecule has 4 aromatic rings. The molecule has 0 atom stereocenters. The maximum Gasteiger partial charge on any atom is 0.140 e. The third-order valence-corrected chi connectivity index (χ3v) is 4.67. The Morgan fingerprint density at radius 2 is 1.91 bits per heavy atom. The molecular weight excluding hydrogens is 382 g/mol. The van der Waals surface area contributed by atoms with E-state index in [0.29, 0.717) is 9.66 Å². The monoisotopic (exact) mass is 389 g/mol. The Morgan fingerprint density at radius 1 is 1.09 bits per heavy atom. The van der Waals surface area contributed by atoms with Crippen molar-refractivity contribution in [2.45, 2.75) is 0 Å². The highest BCUT2D eigenvalue weighted by Gasteiger charge is 2.12. The van der Waals surface area contributed by atoms with Gasteiger partial charge in [-0.15, -0.1) is 0 Å². The van der Waals surface area contributed by atoms with Crippen LogP contribution in [0, 0.1) is 4.64 Å². The fourth-order valence-electron chi connectivity index (χ4n) is 2.52. The van der Waals surface area contributed by atoms with Crippen molar-refractivity contribution in [3.63, 3.8) is 0 Å². The smallest absolute Gasteiger partial charge is 0.140 e. The lowest BCUT2D eigenvalue weighted by Gasteiger charge is -2.00. The Labute approximate surface area is 144 Å². The highest BCUT2D eigenvalue weighted by molar-refractivity contribution is 9.10. The molecule has 0 fully saturated rings. The predicted molar refractivity (Wildman–Crippen MR) is 96.9 cm³/mol. The van der Waals surface area contributed by atoms with Gasteiger partial charge in [-0.1, -0.05) is 51.9 Å². The molecule has 4 rings (SSSR count). The minimum atomic E-state index is 0.631. The van der Waals surface area contributed by atoms with E-state index in [9.17, 15) is 0 Å². The van der Waals surface area contributed by atoms with E-state index in [2.05, 4.69) is 25.9 Å². The molecule has 2 N–H and O–H groups in total. The molecule has 0 saturated heterocycles. The van der Waals surface area contributed by atoms with Gasteiger partial charge in [0.15, 0.2) is 0 Å². The predicted octanol–water partition coefficient (Wildman–Crippen LogP) is 5.86. The lowest BCUT2D eigenvalue weighted by Crippen LogP contribution is -1.83. The Balaban J connectivity index is 2.09. The number of benzene rings is 2. The first-order chi connectivity index (χ1) is 10.6. The number of aromatic amines is 2. The van der Waals surface area contributed by atoms with Crippen molar-refractivity contribution >= 4 is 61.7 Å². The van der Waals surface area contributed by atoms with Crippen molar-refractivity contribution in [3.8, 4) is 11.4 Å². The maximum absolute atomic E-state index is 6.27. The summed E-state index contributed by atoms with van der Waals surface area (Å²) in [6.07, 6.45) is 0. The van der Waals surface area contributed by atoms with E-state index in [-0.39, 0.29) is 0 Å². The number of rotatable bonds is 1. The molecule has 22 heavy (non-hydrogen) atoms. The molecule has 108 valence electrons. The van der Waals surface area contributed by atoms with E-state index in [4.69, 9.17) is 28.8 Å². The Bertz CT molecular complexity index is 1080. The van der Waals surface area contributed by atoms with Gasteiger partial charge >= 0.3 is 0 Å². The van der Waals surface area contributed by atoms with Crippen molar-refractivity contribution in [1.82, 2.24) is 15.0 Å². The zero-order valence-electron chi connectivity index (χ0n) is 11.2. The SMILES string of the molecule is S=c1[nH]c2cc(Br)ccc2c2nc(-c3ccccc3Cl)[nH]c12. The third-order valence-electron chi connectivity index (χ3n) is 3.54. The highest BCUT2D eigenvalue weighted by atomic mass is 79.9. The summed E-state index contributed by atoms with van der Waals surface area (Å²) in [5.41, 5.74) is 3.48. The molecule has 2 aromatic heterocycles. The number of nitrogens with one attached hydrogen (secondary N) is 2. The molecule has 2 aromatic carbocycles. The van der Waals surface area contributed by atoms with Crippen LogP contribution in [0.15, 0.2) is 46.9 Å². The van der Waals surface area contributed by atoms with Crippen molar-refractivity contribution in [2.75, 3.05) is 0 Å². The lowest BCUT2D eigenvalue weighted by atomic mass is 10.2. The van der Waals surface area contributed by atoms with Gasteiger partial charge in [-0.2, -0.15) is 0 Å². The highest BCUT2D eigenvalue weighted by Crippen LogP contribution is 2.30. The Kier molecular flexibility index (Phi) is 3.29. The summed E-state index contributed by atoms with van der Waals surface area (Å²) >= 11 is 15.2. The molecule has 6 heteroatoms. The minimum absolute atomic E-state index is 0.631. The molecule has 0 unspecified atom stereocenters. The standard InChI is InChI=1S/C16H9BrClN3S/c17-8-5-6-10-12(7-8)19-16(22)14-13(10)20-15(21-14)9-3-1-2-4-11(9)18/h1-7H,(H,19,22)(H,20,21). The summed E-state index contributed by atoms with van der Waals surface area (Å²) in [7, 11) is 0. The Morgan fingerprint density at radius 3 is 2.73 bits per heavy atom. The second-order valence-corrected chi connectivity index (χ2v) is 6.66. The molecular formula is C16H9BrClN3S. The number of hydrogen-bond donors (Lipinski definition) is 2. The molecule has 0 aliphatic carbocycles. The zero-order valence-corrected chi connectivity index (χ0v) is 14.3. The van der Waals surface area contributed by atoms with Gasteiger partial charge in [-0.3, -0.25) is 0 Å². The number of fused-ring (bicyclic) bond motifs is 3. The second kappa shape index (κ2) is 5.19. The van der Waals surface area contributed by atoms with Crippen LogP contribution in [0.1, 0.15) is 0 Å². The van der Waals surface area contributed by atoms with Crippen molar-refractivity contribution < 1.29 is 0 Å². The fourth-order valence-corrected chi connectivity index (χ4v) is 3.37. The first-order valence-electron chi connectivity index (χ1n) is 6.59. The maximum atomic E-state index is 6.27. The van der Waals surface area contributed by atoms with Crippen molar-refractivity contribution in [2.24, 2.45) is 0 Å². The molecule has 0 saturated carbocycles. The van der Waals surface area contributed by atoms with E-state index >= 15 is 0 Å². The third kappa shape index (κ3) is 2.17.